The molecule has 3 heteroatoms. The van der Waals surface area contributed by atoms with Gasteiger partial charge < -0.3 is 4.74 Å². The van der Waals surface area contributed by atoms with E-state index in [1.807, 2.05) is 36.6 Å². The third-order valence-corrected chi connectivity index (χ3v) is 2.84. The molecule has 0 heterocycles. The minimum atomic E-state index is -0.253. The molecule has 1 aromatic carbocycles. The summed E-state index contributed by atoms with van der Waals surface area (Å²) in [6.07, 6.45) is 3.87. The standard InChI is InChI=1S/C13H16O2S/c1-4-15-13(14)10(2)9-11-5-7-12(16-3)8-6-11/h5-9H,4H2,1-3H3/b10-9+. The first-order valence-corrected chi connectivity index (χ1v) is 6.39. The van der Waals surface area contributed by atoms with Gasteiger partial charge in [-0.1, -0.05) is 12.1 Å². The smallest absolute Gasteiger partial charge is 0.333 e. The molecule has 0 bridgehead atoms. The maximum absolute atomic E-state index is 11.4. The molecule has 1 aromatic rings. The molecule has 86 valence electrons. The van der Waals surface area contributed by atoms with E-state index in [1.54, 1.807) is 25.6 Å². The van der Waals surface area contributed by atoms with Crippen molar-refractivity contribution in [3.8, 4) is 0 Å². The highest BCUT2D eigenvalue weighted by molar-refractivity contribution is 7.98. The van der Waals surface area contributed by atoms with Gasteiger partial charge in [0.05, 0.1) is 6.61 Å². The van der Waals surface area contributed by atoms with E-state index in [2.05, 4.69) is 0 Å². The molecule has 16 heavy (non-hydrogen) atoms. The maximum Gasteiger partial charge on any atom is 0.333 e. The molecule has 0 aliphatic heterocycles. The van der Waals surface area contributed by atoms with Crippen molar-refractivity contribution in [3.63, 3.8) is 0 Å². The predicted molar refractivity (Wildman–Crippen MR) is 68.5 cm³/mol. The molecule has 0 unspecified atom stereocenters. The number of thioether (sulfide) groups is 1. The number of hydrogen-bond acceptors (Lipinski definition) is 3. The topological polar surface area (TPSA) is 26.3 Å². The van der Waals surface area contributed by atoms with Crippen LogP contribution in [0.1, 0.15) is 19.4 Å². The summed E-state index contributed by atoms with van der Waals surface area (Å²) >= 11 is 1.70. The predicted octanol–water partition coefficient (Wildman–Crippen LogP) is 3.37. The summed E-state index contributed by atoms with van der Waals surface area (Å²) in [5, 5.41) is 0. The second-order valence-electron chi connectivity index (χ2n) is 3.32. The minimum absolute atomic E-state index is 0.253. The van der Waals surface area contributed by atoms with Crippen molar-refractivity contribution < 1.29 is 9.53 Å². The van der Waals surface area contributed by atoms with Crippen LogP contribution in [0.5, 0.6) is 0 Å². The summed E-state index contributed by atoms with van der Waals surface area (Å²) < 4.78 is 4.91. The Hall–Kier alpha value is -1.22. The summed E-state index contributed by atoms with van der Waals surface area (Å²) in [4.78, 5) is 12.6. The molecular weight excluding hydrogens is 220 g/mol. The molecule has 0 N–H and O–H groups in total. The quantitative estimate of drug-likeness (QED) is 0.455. The lowest BCUT2D eigenvalue weighted by Gasteiger charge is -2.02. The van der Waals surface area contributed by atoms with Crippen LogP contribution < -0.4 is 0 Å². The molecule has 0 atom stereocenters. The van der Waals surface area contributed by atoms with Gasteiger partial charge in [-0.3, -0.25) is 0 Å². The van der Waals surface area contributed by atoms with E-state index in [1.165, 1.54) is 4.90 Å². The van der Waals surface area contributed by atoms with Crippen molar-refractivity contribution >= 4 is 23.8 Å². The van der Waals surface area contributed by atoms with Gasteiger partial charge in [0.1, 0.15) is 0 Å². The first kappa shape index (κ1) is 12.8. The van der Waals surface area contributed by atoms with E-state index in [-0.39, 0.29) is 5.97 Å². The second-order valence-corrected chi connectivity index (χ2v) is 4.20. The monoisotopic (exact) mass is 236 g/mol. The van der Waals surface area contributed by atoms with E-state index < -0.39 is 0 Å². The van der Waals surface area contributed by atoms with Crippen molar-refractivity contribution in [2.24, 2.45) is 0 Å². The van der Waals surface area contributed by atoms with E-state index in [0.717, 1.165) is 5.56 Å². The Kier molecular flexibility index (Phi) is 5.12. The van der Waals surface area contributed by atoms with Gasteiger partial charge in [-0.2, -0.15) is 0 Å². The Morgan fingerprint density at radius 3 is 2.50 bits per heavy atom. The number of rotatable bonds is 4. The van der Waals surface area contributed by atoms with Crippen molar-refractivity contribution in [2.45, 2.75) is 18.7 Å². The Bertz CT molecular complexity index is 379. The summed E-state index contributed by atoms with van der Waals surface area (Å²) in [7, 11) is 0. The highest BCUT2D eigenvalue weighted by Gasteiger charge is 2.03. The van der Waals surface area contributed by atoms with Gasteiger partial charge in [-0.25, -0.2) is 4.79 Å². The fourth-order valence-corrected chi connectivity index (χ4v) is 1.66. The molecule has 2 nitrogen and oxygen atoms in total. The molecule has 0 spiro atoms. The number of benzene rings is 1. The fraction of sp³-hybridized carbons (Fsp3) is 0.308. The van der Waals surface area contributed by atoms with E-state index >= 15 is 0 Å². The first-order chi connectivity index (χ1) is 7.67. The zero-order valence-electron chi connectivity index (χ0n) is 9.82. The van der Waals surface area contributed by atoms with E-state index in [9.17, 15) is 4.79 Å². The van der Waals surface area contributed by atoms with Crippen molar-refractivity contribution in [2.75, 3.05) is 12.9 Å². The van der Waals surface area contributed by atoms with Gasteiger partial charge in [0.25, 0.3) is 0 Å². The summed E-state index contributed by atoms with van der Waals surface area (Å²) in [6.45, 7) is 3.98. The van der Waals surface area contributed by atoms with Crippen molar-refractivity contribution in [3.05, 3.63) is 35.4 Å². The number of esters is 1. The molecular formula is C13H16O2S. The van der Waals surface area contributed by atoms with Gasteiger partial charge in [0.15, 0.2) is 0 Å². The highest BCUT2D eigenvalue weighted by Crippen LogP contribution is 2.16. The molecule has 0 aliphatic carbocycles. The SMILES string of the molecule is CCOC(=O)/C(C)=C/c1ccc(SC)cc1. The molecule has 0 amide bonds. The lowest BCUT2D eigenvalue weighted by atomic mass is 10.1. The first-order valence-electron chi connectivity index (χ1n) is 5.17. The Balaban J connectivity index is 2.77. The average Bonchev–Trinajstić information content (AvgIpc) is 2.30. The van der Waals surface area contributed by atoms with Crippen molar-refractivity contribution in [1.29, 1.82) is 0 Å². The van der Waals surface area contributed by atoms with Crippen LogP contribution in [0.4, 0.5) is 0 Å². The summed E-state index contributed by atoms with van der Waals surface area (Å²) in [6, 6.07) is 8.06. The van der Waals surface area contributed by atoms with Crippen LogP contribution in [-0.4, -0.2) is 18.8 Å². The molecule has 0 aromatic heterocycles. The van der Waals surface area contributed by atoms with Gasteiger partial charge in [0.2, 0.25) is 0 Å². The summed E-state index contributed by atoms with van der Waals surface area (Å²) in [5.74, 6) is -0.253. The second kappa shape index (κ2) is 6.38. The molecule has 0 saturated carbocycles. The lowest BCUT2D eigenvalue weighted by molar-refractivity contribution is -0.138. The van der Waals surface area contributed by atoms with E-state index in [0.29, 0.717) is 12.2 Å². The van der Waals surface area contributed by atoms with Gasteiger partial charge in [0, 0.05) is 10.5 Å². The van der Waals surface area contributed by atoms with Crippen LogP contribution in [-0.2, 0) is 9.53 Å². The van der Waals surface area contributed by atoms with Crippen LogP contribution >= 0.6 is 11.8 Å². The zero-order valence-corrected chi connectivity index (χ0v) is 10.6. The number of carbonyl (C=O) groups excluding carboxylic acids is 1. The van der Waals surface area contributed by atoms with Gasteiger partial charge in [-0.05, 0) is 43.9 Å². The normalized spacial score (nSPS) is 11.3. The zero-order chi connectivity index (χ0) is 12.0. The largest absolute Gasteiger partial charge is 0.463 e. The van der Waals surface area contributed by atoms with Crippen LogP contribution in [0.15, 0.2) is 34.7 Å². The lowest BCUT2D eigenvalue weighted by Crippen LogP contribution is -2.04. The molecule has 0 saturated heterocycles. The molecule has 0 fully saturated rings. The minimum Gasteiger partial charge on any atom is -0.463 e. The van der Waals surface area contributed by atoms with Gasteiger partial charge in [-0.15, -0.1) is 11.8 Å². The van der Waals surface area contributed by atoms with Crippen LogP contribution in [0, 0.1) is 0 Å². The average molecular weight is 236 g/mol. The fourth-order valence-electron chi connectivity index (χ4n) is 1.25. The number of carbonyl (C=O) groups is 1. The molecule has 0 radical (unpaired) electrons. The number of ether oxygens (including phenoxy) is 1. The van der Waals surface area contributed by atoms with Gasteiger partial charge >= 0.3 is 5.97 Å². The molecule has 0 aliphatic rings. The van der Waals surface area contributed by atoms with Crippen LogP contribution in [0.2, 0.25) is 0 Å². The Labute approximate surface area is 101 Å². The third-order valence-electron chi connectivity index (χ3n) is 2.10. The van der Waals surface area contributed by atoms with Crippen LogP contribution in [0.3, 0.4) is 0 Å². The Morgan fingerprint density at radius 2 is 2.00 bits per heavy atom. The van der Waals surface area contributed by atoms with Crippen LogP contribution in [0.25, 0.3) is 6.08 Å². The third kappa shape index (κ3) is 3.74. The molecule has 1 rings (SSSR count). The number of hydrogen-bond donors (Lipinski definition) is 0. The Morgan fingerprint density at radius 1 is 1.38 bits per heavy atom. The van der Waals surface area contributed by atoms with E-state index in [4.69, 9.17) is 4.74 Å². The van der Waals surface area contributed by atoms with Crippen molar-refractivity contribution in [1.82, 2.24) is 0 Å². The highest BCUT2D eigenvalue weighted by atomic mass is 32.2. The maximum atomic E-state index is 11.4. The summed E-state index contributed by atoms with van der Waals surface area (Å²) in [5.41, 5.74) is 1.64.